The van der Waals surface area contributed by atoms with E-state index in [1.165, 1.54) is 7.11 Å². The van der Waals surface area contributed by atoms with Crippen molar-refractivity contribution in [2.45, 2.75) is 25.3 Å². The van der Waals surface area contributed by atoms with Crippen LogP contribution in [0, 0.1) is 0 Å². The normalized spacial score (nSPS) is 13.4. The maximum atomic E-state index is 11.3. The zero-order valence-corrected chi connectivity index (χ0v) is 10.4. The maximum Gasteiger partial charge on any atom is 0.307 e. The first-order valence-electron chi connectivity index (χ1n) is 5.03. The lowest BCUT2D eigenvalue weighted by atomic mass is 9.85. The van der Waals surface area contributed by atoms with Crippen molar-refractivity contribution in [2.75, 3.05) is 7.11 Å². The summed E-state index contributed by atoms with van der Waals surface area (Å²) in [6.07, 6.45) is 0.913. The zero-order chi connectivity index (χ0) is 11.3. The fourth-order valence-electron chi connectivity index (χ4n) is 1.53. The molecule has 0 saturated carbocycles. The molecule has 90 valence electrons. The number of rotatable bonds is 4. The number of ether oxygens (including phenoxy) is 1. The van der Waals surface area contributed by atoms with Crippen molar-refractivity contribution in [3.63, 3.8) is 0 Å². The van der Waals surface area contributed by atoms with Crippen LogP contribution in [0.15, 0.2) is 30.3 Å². The molecule has 0 radical (unpaired) electrons. The SMILES string of the molecule is CCC(N)(CC(=O)OC)c1ccccc1.Cl. The molecular formula is C12H18ClNO2. The van der Waals surface area contributed by atoms with E-state index in [-0.39, 0.29) is 24.8 Å². The standard InChI is InChI=1S/C12H17NO2.ClH/c1-3-12(13,9-11(14)15-2)10-7-5-4-6-8-10;/h4-8H,3,9,13H2,1-2H3;1H. The molecule has 1 unspecified atom stereocenters. The topological polar surface area (TPSA) is 52.3 Å². The van der Waals surface area contributed by atoms with E-state index in [2.05, 4.69) is 4.74 Å². The number of carbonyl (C=O) groups excluding carboxylic acids is 1. The monoisotopic (exact) mass is 243 g/mol. The number of methoxy groups -OCH3 is 1. The lowest BCUT2D eigenvalue weighted by Crippen LogP contribution is -2.38. The minimum absolute atomic E-state index is 0. The molecule has 1 aromatic rings. The lowest BCUT2D eigenvalue weighted by molar-refractivity contribution is -0.142. The van der Waals surface area contributed by atoms with Crippen molar-refractivity contribution in [1.29, 1.82) is 0 Å². The molecule has 0 bridgehead atoms. The molecule has 0 fully saturated rings. The van der Waals surface area contributed by atoms with E-state index in [1.807, 2.05) is 37.3 Å². The van der Waals surface area contributed by atoms with Gasteiger partial charge in [-0.15, -0.1) is 12.4 Å². The van der Waals surface area contributed by atoms with Crippen molar-refractivity contribution in [3.05, 3.63) is 35.9 Å². The lowest BCUT2D eigenvalue weighted by Gasteiger charge is -2.27. The van der Waals surface area contributed by atoms with Gasteiger partial charge in [0.15, 0.2) is 0 Å². The van der Waals surface area contributed by atoms with Gasteiger partial charge in [0.1, 0.15) is 0 Å². The smallest absolute Gasteiger partial charge is 0.307 e. The molecule has 0 aliphatic carbocycles. The van der Waals surface area contributed by atoms with Crippen molar-refractivity contribution in [1.82, 2.24) is 0 Å². The van der Waals surface area contributed by atoms with Gasteiger partial charge in [0.25, 0.3) is 0 Å². The van der Waals surface area contributed by atoms with Crippen LogP contribution >= 0.6 is 12.4 Å². The third-order valence-corrected chi connectivity index (χ3v) is 2.67. The average molecular weight is 244 g/mol. The van der Waals surface area contributed by atoms with E-state index in [1.54, 1.807) is 0 Å². The maximum absolute atomic E-state index is 11.3. The molecular weight excluding hydrogens is 226 g/mol. The number of esters is 1. The highest BCUT2D eigenvalue weighted by Crippen LogP contribution is 2.25. The highest BCUT2D eigenvalue weighted by molar-refractivity contribution is 5.85. The quantitative estimate of drug-likeness (QED) is 0.826. The Morgan fingerprint density at radius 2 is 1.94 bits per heavy atom. The van der Waals surface area contributed by atoms with Gasteiger partial charge < -0.3 is 10.5 Å². The number of nitrogens with two attached hydrogens (primary N) is 1. The fraction of sp³-hybridized carbons (Fsp3) is 0.417. The third kappa shape index (κ3) is 3.51. The molecule has 1 aromatic carbocycles. The largest absolute Gasteiger partial charge is 0.469 e. The van der Waals surface area contributed by atoms with E-state index in [9.17, 15) is 4.79 Å². The minimum atomic E-state index is -0.617. The summed E-state index contributed by atoms with van der Waals surface area (Å²) in [7, 11) is 1.38. The molecule has 3 nitrogen and oxygen atoms in total. The second-order valence-electron chi connectivity index (χ2n) is 3.63. The van der Waals surface area contributed by atoms with Gasteiger partial charge in [-0.1, -0.05) is 37.3 Å². The first kappa shape index (κ1) is 14.9. The Hall–Kier alpha value is -1.06. The van der Waals surface area contributed by atoms with Gasteiger partial charge in [-0.25, -0.2) is 0 Å². The van der Waals surface area contributed by atoms with Gasteiger partial charge >= 0.3 is 5.97 Å². The average Bonchev–Trinajstić information content (AvgIpc) is 2.30. The Morgan fingerprint density at radius 3 is 2.38 bits per heavy atom. The van der Waals surface area contributed by atoms with E-state index in [4.69, 9.17) is 5.73 Å². The molecule has 16 heavy (non-hydrogen) atoms. The first-order valence-corrected chi connectivity index (χ1v) is 5.03. The summed E-state index contributed by atoms with van der Waals surface area (Å²) in [4.78, 5) is 11.3. The van der Waals surface area contributed by atoms with E-state index >= 15 is 0 Å². The summed E-state index contributed by atoms with van der Waals surface area (Å²) >= 11 is 0. The highest BCUT2D eigenvalue weighted by Gasteiger charge is 2.28. The van der Waals surface area contributed by atoms with Crippen molar-refractivity contribution in [3.8, 4) is 0 Å². The van der Waals surface area contributed by atoms with Crippen molar-refractivity contribution in [2.24, 2.45) is 5.73 Å². The van der Waals surface area contributed by atoms with Crippen LogP contribution in [0.1, 0.15) is 25.3 Å². The van der Waals surface area contributed by atoms with Gasteiger partial charge in [-0.2, -0.15) is 0 Å². The van der Waals surface area contributed by atoms with E-state index < -0.39 is 5.54 Å². The van der Waals surface area contributed by atoms with Crippen LogP contribution in [0.25, 0.3) is 0 Å². The molecule has 0 aliphatic rings. The van der Waals surface area contributed by atoms with Gasteiger partial charge in [0.2, 0.25) is 0 Å². The Morgan fingerprint density at radius 1 is 1.38 bits per heavy atom. The fourth-order valence-corrected chi connectivity index (χ4v) is 1.53. The number of hydrogen-bond acceptors (Lipinski definition) is 3. The Kier molecular flexibility index (Phi) is 6.08. The summed E-state index contributed by atoms with van der Waals surface area (Å²) in [6, 6.07) is 9.64. The van der Waals surface area contributed by atoms with Crippen LogP contribution in [0.2, 0.25) is 0 Å². The van der Waals surface area contributed by atoms with Crippen LogP contribution in [-0.2, 0) is 15.1 Å². The molecule has 0 aromatic heterocycles. The predicted octanol–water partition coefficient (Wildman–Crippen LogP) is 2.24. The number of hydrogen-bond donors (Lipinski definition) is 1. The second-order valence-corrected chi connectivity index (χ2v) is 3.63. The molecule has 1 atom stereocenters. The summed E-state index contributed by atoms with van der Waals surface area (Å²) in [5.41, 5.74) is 6.55. The number of benzene rings is 1. The number of halogens is 1. The Labute approximate surface area is 102 Å². The zero-order valence-electron chi connectivity index (χ0n) is 9.60. The molecule has 0 aliphatic heterocycles. The van der Waals surface area contributed by atoms with Gasteiger partial charge in [0.05, 0.1) is 19.1 Å². The molecule has 0 heterocycles. The molecule has 2 N–H and O–H groups in total. The molecule has 0 amide bonds. The van der Waals surface area contributed by atoms with Gasteiger partial charge in [-0.3, -0.25) is 4.79 Å². The van der Waals surface area contributed by atoms with E-state index in [0.29, 0.717) is 6.42 Å². The van der Waals surface area contributed by atoms with Gasteiger partial charge in [-0.05, 0) is 12.0 Å². The molecule has 0 saturated heterocycles. The minimum Gasteiger partial charge on any atom is -0.469 e. The van der Waals surface area contributed by atoms with Crippen molar-refractivity contribution >= 4 is 18.4 Å². The summed E-state index contributed by atoms with van der Waals surface area (Å²) in [5, 5.41) is 0. The number of carbonyl (C=O) groups is 1. The third-order valence-electron chi connectivity index (χ3n) is 2.67. The van der Waals surface area contributed by atoms with Crippen LogP contribution in [0.3, 0.4) is 0 Å². The van der Waals surface area contributed by atoms with Crippen LogP contribution in [-0.4, -0.2) is 13.1 Å². The first-order chi connectivity index (χ1) is 7.12. The van der Waals surface area contributed by atoms with Crippen LogP contribution in [0.4, 0.5) is 0 Å². The van der Waals surface area contributed by atoms with E-state index in [0.717, 1.165) is 5.56 Å². The summed E-state index contributed by atoms with van der Waals surface area (Å²) in [5.74, 6) is -0.275. The van der Waals surface area contributed by atoms with Crippen molar-refractivity contribution < 1.29 is 9.53 Å². The summed E-state index contributed by atoms with van der Waals surface area (Å²) in [6.45, 7) is 1.97. The highest BCUT2D eigenvalue weighted by atomic mass is 35.5. The second kappa shape index (κ2) is 6.51. The summed E-state index contributed by atoms with van der Waals surface area (Å²) < 4.78 is 4.65. The predicted molar refractivity (Wildman–Crippen MR) is 66.5 cm³/mol. The Balaban J connectivity index is 0.00000225. The molecule has 4 heteroatoms. The Bertz CT molecular complexity index is 329. The van der Waals surface area contributed by atoms with Crippen LogP contribution in [0.5, 0.6) is 0 Å². The van der Waals surface area contributed by atoms with Crippen LogP contribution < -0.4 is 5.73 Å². The van der Waals surface area contributed by atoms with Gasteiger partial charge in [0, 0.05) is 0 Å². The molecule has 1 rings (SSSR count). The molecule has 0 spiro atoms.